The van der Waals surface area contributed by atoms with E-state index in [1.165, 1.54) is 0 Å². The topological polar surface area (TPSA) is 106 Å². The molecule has 0 spiro atoms. The van der Waals surface area contributed by atoms with Crippen molar-refractivity contribution in [3.05, 3.63) is 35.5 Å². The van der Waals surface area contributed by atoms with E-state index in [2.05, 4.69) is 6.58 Å². The molecule has 2 N–H and O–H groups in total. The van der Waals surface area contributed by atoms with E-state index in [4.69, 9.17) is 14.2 Å². The first-order valence-corrected chi connectivity index (χ1v) is 9.10. The molecule has 0 aromatic rings. The van der Waals surface area contributed by atoms with E-state index in [-0.39, 0.29) is 5.57 Å². The van der Waals surface area contributed by atoms with Gasteiger partial charge in [-0.2, -0.15) is 0 Å². The number of fused-ring (bicyclic) bond motifs is 1. The smallest absolute Gasteiger partial charge is 0.343 e. The van der Waals surface area contributed by atoms with Gasteiger partial charge in [-0.05, 0) is 33.3 Å². The van der Waals surface area contributed by atoms with Crippen LogP contribution >= 0.6 is 0 Å². The van der Waals surface area contributed by atoms with E-state index >= 15 is 0 Å². The number of ether oxygens (including phenoxy) is 3. The summed E-state index contributed by atoms with van der Waals surface area (Å²) >= 11 is 0. The van der Waals surface area contributed by atoms with E-state index in [1.54, 1.807) is 19.1 Å². The number of esters is 2. The van der Waals surface area contributed by atoms with Gasteiger partial charge in [-0.25, -0.2) is 9.59 Å². The number of carbonyl (C=O) groups is 2. The molecule has 1 aliphatic carbocycles. The fourth-order valence-electron chi connectivity index (χ4n) is 3.84. The number of aliphatic hydroxyl groups is 2. The molecule has 0 aromatic heterocycles. The minimum absolute atomic E-state index is 0.249. The first kappa shape index (κ1) is 19.8. The summed E-state index contributed by atoms with van der Waals surface area (Å²) in [5.41, 5.74) is 0.586. The van der Waals surface area contributed by atoms with Crippen LogP contribution in [-0.2, 0) is 23.8 Å². The van der Waals surface area contributed by atoms with Crippen molar-refractivity contribution in [1.29, 1.82) is 0 Å². The molecule has 6 atom stereocenters. The maximum Gasteiger partial charge on any atom is 0.343 e. The van der Waals surface area contributed by atoms with Crippen LogP contribution in [0.3, 0.4) is 0 Å². The first-order chi connectivity index (χ1) is 12.7. The lowest BCUT2D eigenvalue weighted by molar-refractivity contribution is -0.160. The van der Waals surface area contributed by atoms with E-state index in [9.17, 15) is 19.8 Å². The second-order valence-electron chi connectivity index (χ2n) is 7.67. The van der Waals surface area contributed by atoms with Gasteiger partial charge in [0.05, 0.1) is 24.7 Å². The Labute approximate surface area is 158 Å². The Morgan fingerprint density at radius 3 is 2.56 bits per heavy atom. The van der Waals surface area contributed by atoms with Crippen molar-refractivity contribution in [2.75, 3.05) is 6.61 Å². The normalized spacial score (nSPS) is 42.9. The predicted octanol–water partition coefficient (Wildman–Crippen LogP) is 1.19. The average molecular weight is 378 g/mol. The Morgan fingerprint density at radius 1 is 1.33 bits per heavy atom. The van der Waals surface area contributed by atoms with Crippen LogP contribution in [0.2, 0.25) is 0 Å². The summed E-state index contributed by atoms with van der Waals surface area (Å²) in [4.78, 5) is 24.8. The highest BCUT2D eigenvalue weighted by Crippen LogP contribution is 2.40. The minimum Gasteiger partial charge on any atom is -0.459 e. The van der Waals surface area contributed by atoms with E-state index < -0.39 is 54.5 Å². The number of hydrogen-bond donors (Lipinski definition) is 2. The molecule has 0 bridgehead atoms. The second kappa shape index (κ2) is 7.22. The molecule has 27 heavy (non-hydrogen) atoms. The summed E-state index contributed by atoms with van der Waals surface area (Å²) < 4.78 is 16.4. The summed E-state index contributed by atoms with van der Waals surface area (Å²) in [7, 11) is 0. The van der Waals surface area contributed by atoms with Crippen LogP contribution in [0.15, 0.2) is 35.5 Å². The van der Waals surface area contributed by atoms with Crippen molar-refractivity contribution in [2.24, 2.45) is 5.92 Å². The van der Waals surface area contributed by atoms with Crippen molar-refractivity contribution in [3.8, 4) is 0 Å². The van der Waals surface area contributed by atoms with Crippen LogP contribution in [0.25, 0.3) is 0 Å². The molecule has 7 heteroatoms. The third-order valence-corrected chi connectivity index (χ3v) is 5.47. The fourth-order valence-corrected chi connectivity index (χ4v) is 3.84. The largest absolute Gasteiger partial charge is 0.459 e. The maximum absolute atomic E-state index is 12.7. The van der Waals surface area contributed by atoms with Crippen LogP contribution in [-0.4, -0.2) is 58.8 Å². The van der Waals surface area contributed by atoms with Gasteiger partial charge in [-0.15, -0.1) is 0 Å². The number of hydrogen-bond acceptors (Lipinski definition) is 7. The Bertz CT molecular complexity index is 718. The van der Waals surface area contributed by atoms with Gasteiger partial charge >= 0.3 is 11.9 Å². The van der Waals surface area contributed by atoms with Gasteiger partial charge in [0.25, 0.3) is 0 Å². The molecule has 0 unspecified atom stereocenters. The lowest BCUT2D eigenvalue weighted by Gasteiger charge is -2.28. The summed E-state index contributed by atoms with van der Waals surface area (Å²) in [6, 6.07) is 0. The van der Waals surface area contributed by atoms with Gasteiger partial charge in [0.2, 0.25) is 5.60 Å². The Hall–Kier alpha value is -1.96. The molecule has 7 nitrogen and oxygen atoms in total. The third kappa shape index (κ3) is 3.72. The number of carbonyl (C=O) groups excluding carboxylic acids is 2. The van der Waals surface area contributed by atoms with Crippen molar-refractivity contribution in [2.45, 2.75) is 63.6 Å². The van der Waals surface area contributed by atoms with Gasteiger partial charge < -0.3 is 24.4 Å². The molecule has 2 saturated heterocycles. The maximum atomic E-state index is 12.7. The fraction of sp³-hybridized carbons (Fsp3) is 0.600. The van der Waals surface area contributed by atoms with Crippen molar-refractivity contribution in [3.63, 3.8) is 0 Å². The molecular weight excluding hydrogens is 352 g/mol. The van der Waals surface area contributed by atoms with Gasteiger partial charge in [0.15, 0.2) is 0 Å². The lowest BCUT2D eigenvalue weighted by atomic mass is 9.85. The van der Waals surface area contributed by atoms with E-state index in [1.807, 2.05) is 13.8 Å². The van der Waals surface area contributed by atoms with Crippen LogP contribution < -0.4 is 0 Å². The zero-order chi connectivity index (χ0) is 19.9. The monoisotopic (exact) mass is 378 g/mol. The van der Waals surface area contributed by atoms with E-state index in [0.29, 0.717) is 12.8 Å². The lowest BCUT2D eigenvalue weighted by Crippen LogP contribution is -2.40. The van der Waals surface area contributed by atoms with Gasteiger partial charge in [-0.1, -0.05) is 23.8 Å². The number of rotatable bonds is 3. The summed E-state index contributed by atoms with van der Waals surface area (Å²) in [5.74, 6) is -1.73. The molecule has 2 aliphatic heterocycles. The molecular formula is C20H26O7. The van der Waals surface area contributed by atoms with Crippen molar-refractivity contribution in [1.82, 2.24) is 0 Å². The molecule has 2 heterocycles. The molecule has 0 amide bonds. The summed E-state index contributed by atoms with van der Waals surface area (Å²) in [6.45, 7) is 8.72. The predicted molar refractivity (Wildman–Crippen MR) is 95.5 cm³/mol. The van der Waals surface area contributed by atoms with E-state index in [0.717, 1.165) is 11.1 Å². The molecule has 0 saturated carbocycles. The van der Waals surface area contributed by atoms with Gasteiger partial charge in [0.1, 0.15) is 12.2 Å². The van der Waals surface area contributed by atoms with Crippen LogP contribution in [0, 0.1) is 5.92 Å². The zero-order valence-corrected chi connectivity index (χ0v) is 15.8. The summed E-state index contributed by atoms with van der Waals surface area (Å²) in [6.07, 6.45) is 1.76. The SMILES string of the molecule is C=C1C(=O)O[C@@H]2/C=C(\C)C[C@H](O)/C=C(\C)C[C@@H](OC(=O)[C@]3(CO)O[C@@H]3C)[C@@H]12. The van der Waals surface area contributed by atoms with Crippen LogP contribution in [0.1, 0.15) is 33.6 Å². The standard InChI is InChI=1S/C20H26O7/c1-10-5-14(22)6-11(2)8-16(17-12(3)18(23)25-15(17)7-10)26-19(24)20(9-21)13(4)27-20/h6-7,13-17,21-22H,3,5,8-9H2,1-2,4H3/b10-7+,11-6+/t13-,14+,15-,16-,17+,20-/m1/s1. The highest BCUT2D eigenvalue weighted by atomic mass is 16.7. The van der Waals surface area contributed by atoms with Crippen molar-refractivity contribution < 1.29 is 34.0 Å². The van der Waals surface area contributed by atoms with Gasteiger partial charge in [0, 0.05) is 12.0 Å². The minimum atomic E-state index is -1.35. The van der Waals surface area contributed by atoms with Crippen molar-refractivity contribution >= 4 is 11.9 Å². The number of epoxide rings is 1. The first-order valence-electron chi connectivity index (χ1n) is 9.10. The zero-order valence-electron chi connectivity index (χ0n) is 15.8. The molecule has 0 aromatic carbocycles. The Balaban J connectivity index is 1.93. The van der Waals surface area contributed by atoms with Crippen LogP contribution in [0.4, 0.5) is 0 Å². The average Bonchev–Trinajstić information content (AvgIpc) is 3.16. The quantitative estimate of drug-likeness (QED) is 0.329. The highest BCUT2D eigenvalue weighted by molar-refractivity contribution is 5.91. The van der Waals surface area contributed by atoms with Crippen LogP contribution in [0.5, 0.6) is 0 Å². The molecule has 148 valence electrons. The molecule has 0 radical (unpaired) electrons. The molecule has 3 aliphatic rings. The van der Waals surface area contributed by atoms with Gasteiger partial charge in [-0.3, -0.25) is 0 Å². The number of aliphatic hydroxyl groups excluding tert-OH is 2. The molecule has 2 fully saturated rings. The third-order valence-electron chi connectivity index (χ3n) is 5.47. The molecule has 3 rings (SSSR count). The second-order valence-corrected chi connectivity index (χ2v) is 7.67. The highest BCUT2D eigenvalue weighted by Gasteiger charge is 2.62. The summed E-state index contributed by atoms with van der Waals surface area (Å²) in [5, 5.41) is 19.7. The Kier molecular flexibility index (Phi) is 5.29. The Morgan fingerprint density at radius 2 is 1.96 bits per heavy atom.